The number of Topliss-reactive ketones (excluding diaryl/α,β-unsaturated/α-hetero) is 2. The van der Waals surface area contributed by atoms with E-state index < -0.39 is 5.92 Å². The topological polar surface area (TPSA) is 52.6 Å². The predicted molar refractivity (Wildman–Crippen MR) is 105 cm³/mol. The summed E-state index contributed by atoms with van der Waals surface area (Å²) < 4.78 is 11.8. The van der Waals surface area contributed by atoms with Crippen LogP contribution in [-0.2, 0) is 20.7 Å². The highest BCUT2D eigenvalue weighted by Crippen LogP contribution is 2.52. The number of halogens is 1. The highest BCUT2D eigenvalue weighted by Gasteiger charge is 2.63. The first-order chi connectivity index (χ1) is 13.6. The molecule has 0 amide bonds. The number of carbonyl (C=O) groups excluding carboxylic acids is 2. The van der Waals surface area contributed by atoms with Crippen LogP contribution in [0.5, 0.6) is 11.5 Å². The number of ether oxygens (including phenoxy) is 2. The van der Waals surface area contributed by atoms with Crippen molar-refractivity contribution in [2.75, 3.05) is 0 Å². The van der Waals surface area contributed by atoms with Crippen molar-refractivity contribution < 1.29 is 19.1 Å². The van der Waals surface area contributed by atoms with Crippen LogP contribution in [0.1, 0.15) is 36.8 Å². The van der Waals surface area contributed by atoms with Gasteiger partial charge in [0.1, 0.15) is 17.4 Å². The van der Waals surface area contributed by atoms with E-state index in [9.17, 15) is 9.59 Å². The van der Waals surface area contributed by atoms with Gasteiger partial charge < -0.3 is 9.47 Å². The molecule has 2 aliphatic heterocycles. The van der Waals surface area contributed by atoms with Crippen LogP contribution in [0.2, 0.25) is 5.02 Å². The Morgan fingerprint density at radius 3 is 2.36 bits per heavy atom. The molecule has 0 aromatic heterocycles. The van der Waals surface area contributed by atoms with Gasteiger partial charge in [-0.3, -0.25) is 9.59 Å². The number of fused-ring (bicyclic) bond motifs is 5. The minimum atomic E-state index is -0.702. The van der Waals surface area contributed by atoms with Gasteiger partial charge >= 0.3 is 0 Å². The molecule has 2 saturated heterocycles. The van der Waals surface area contributed by atoms with E-state index in [1.54, 1.807) is 12.1 Å². The molecule has 5 atom stereocenters. The Hall–Kier alpha value is -2.17. The van der Waals surface area contributed by atoms with Gasteiger partial charge in [0.05, 0.1) is 29.1 Å². The van der Waals surface area contributed by atoms with Gasteiger partial charge in [-0.2, -0.15) is 0 Å². The molecule has 4 nitrogen and oxygen atoms in total. The molecule has 2 bridgehead atoms. The molecule has 144 valence electrons. The summed E-state index contributed by atoms with van der Waals surface area (Å²) in [6.45, 7) is 2.03. The summed E-state index contributed by atoms with van der Waals surface area (Å²) in [5.41, 5.74) is 1.78. The predicted octanol–water partition coefficient (Wildman–Crippen LogP) is 4.72. The second kappa shape index (κ2) is 6.71. The van der Waals surface area contributed by atoms with Crippen LogP contribution in [-0.4, -0.2) is 23.8 Å². The Kier molecular flexibility index (Phi) is 4.29. The fourth-order valence-corrected chi connectivity index (χ4v) is 5.29. The SMILES string of the molecule is CCc1ccc(Oc2ccccc2Cl)cc1C1C(=O)[C@@H]2[C@H](C1=O)[C@H]1CC[C@@H]2O1. The third-order valence-electron chi connectivity index (χ3n) is 6.37. The molecule has 0 radical (unpaired) electrons. The molecule has 0 spiro atoms. The van der Waals surface area contributed by atoms with Crippen LogP contribution < -0.4 is 4.74 Å². The van der Waals surface area contributed by atoms with Crippen molar-refractivity contribution in [2.45, 2.75) is 44.3 Å². The quantitative estimate of drug-likeness (QED) is 0.701. The van der Waals surface area contributed by atoms with Crippen molar-refractivity contribution in [2.24, 2.45) is 11.8 Å². The van der Waals surface area contributed by atoms with Crippen LogP contribution >= 0.6 is 11.6 Å². The number of aryl methyl sites for hydroxylation is 1. The first kappa shape index (κ1) is 17.9. The number of carbonyl (C=O) groups is 2. The number of ketones is 2. The van der Waals surface area contributed by atoms with E-state index in [0.29, 0.717) is 16.5 Å². The van der Waals surface area contributed by atoms with Crippen molar-refractivity contribution in [3.05, 3.63) is 58.6 Å². The highest BCUT2D eigenvalue weighted by atomic mass is 35.5. The minimum Gasteiger partial charge on any atom is -0.456 e. The summed E-state index contributed by atoms with van der Waals surface area (Å²) in [4.78, 5) is 26.4. The highest BCUT2D eigenvalue weighted by molar-refractivity contribution is 6.32. The average Bonchev–Trinajstić information content (AvgIpc) is 3.37. The molecule has 5 rings (SSSR count). The summed E-state index contributed by atoms with van der Waals surface area (Å²) in [5.74, 6) is -0.0718. The lowest BCUT2D eigenvalue weighted by Crippen LogP contribution is -2.29. The van der Waals surface area contributed by atoms with E-state index in [4.69, 9.17) is 21.1 Å². The Labute approximate surface area is 168 Å². The summed E-state index contributed by atoms with van der Waals surface area (Å²) in [6, 6.07) is 12.9. The number of benzene rings is 2. The lowest BCUT2D eigenvalue weighted by Gasteiger charge is -2.17. The van der Waals surface area contributed by atoms with Gasteiger partial charge in [0.25, 0.3) is 0 Å². The van der Waals surface area contributed by atoms with Crippen LogP contribution in [0.25, 0.3) is 0 Å². The number of para-hydroxylation sites is 1. The standard InChI is InChI=1S/C23H21ClO4/c1-2-12-7-8-13(27-16-6-4-3-5-15(16)24)11-14(12)19-22(25)20-17-9-10-18(28-17)21(20)23(19)26/h3-8,11,17-21H,2,9-10H2,1H3/t17-,18+,19?,20-,21+. The monoisotopic (exact) mass is 396 g/mol. The van der Waals surface area contributed by atoms with Gasteiger partial charge in [-0.1, -0.05) is 36.7 Å². The molecular weight excluding hydrogens is 376 g/mol. The van der Waals surface area contributed by atoms with Crippen LogP contribution in [0.3, 0.4) is 0 Å². The van der Waals surface area contributed by atoms with Crippen molar-refractivity contribution >= 4 is 23.2 Å². The van der Waals surface area contributed by atoms with Gasteiger partial charge in [0.15, 0.2) is 11.6 Å². The molecule has 2 aromatic rings. The maximum atomic E-state index is 13.2. The Morgan fingerprint density at radius 2 is 1.71 bits per heavy atom. The van der Waals surface area contributed by atoms with Crippen molar-refractivity contribution in [3.63, 3.8) is 0 Å². The first-order valence-electron chi connectivity index (χ1n) is 9.86. The van der Waals surface area contributed by atoms with Crippen LogP contribution in [0, 0.1) is 11.8 Å². The van der Waals surface area contributed by atoms with Gasteiger partial charge in [-0.25, -0.2) is 0 Å². The zero-order valence-electron chi connectivity index (χ0n) is 15.6. The Bertz CT molecular complexity index is 941. The lowest BCUT2D eigenvalue weighted by atomic mass is 9.81. The molecule has 1 saturated carbocycles. The van der Waals surface area contributed by atoms with E-state index in [2.05, 4.69) is 0 Å². The molecule has 3 fully saturated rings. The second-order valence-corrected chi connectivity index (χ2v) is 8.23. The summed E-state index contributed by atoms with van der Waals surface area (Å²) in [6.07, 6.45) is 2.35. The maximum absolute atomic E-state index is 13.2. The zero-order valence-corrected chi connectivity index (χ0v) is 16.3. The van der Waals surface area contributed by atoms with Gasteiger partial charge in [-0.15, -0.1) is 0 Å². The van der Waals surface area contributed by atoms with E-state index >= 15 is 0 Å². The number of hydrogen-bond donors (Lipinski definition) is 0. The van der Waals surface area contributed by atoms with Gasteiger partial charge in [0, 0.05) is 0 Å². The van der Waals surface area contributed by atoms with Crippen LogP contribution in [0.4, 0.5) is 0 Å². The number of rotatable bonds is 4. The van der Waals surface area contributed by atoms with Crippen molar-refractivity contribution in [1.82, 2.24) is 0 Å². The largest absolute Gasteiger partial charge is 0.456 e. The fourth-order valence-electron chi connectivity index (χ4n) is 5.11. The smallest absolute Gasteiger partial charge is 0.154 e. The Morgan fingerprint density at radius 1 is 1.04 bits per heavy atom. The molecule has 28 heavy (non-hydrogen) atoms. The Balaban J connectivity index is 1.51. The van der Waals surface area contributed by atoms with E-state index in [-0.39, 0.29) is 35.6 Å². The number of hydrogen-bond acceptors (Lipinski definition) is 4. The summed E-state index contributed by atoms with van der Waals surface area (Å²) in [5, 5.41) is 0.514. The molecule has 0 N–H and O–H groups in total. The molecule has 1 aliphatic carbocycles. The fraction of sp³-hybridized carbons (Fsp3) is 0.391. The van der Waals surface area contributed by atoms with E-state index in [1.165, 1.54) is 0 Å². The first-order valence-corrected chi connectivity index (χ1v) is 10.2. The minimum absolute atomic E-state index is 0.0202. The molecule has 1 unspecified atom stereocenters. The zero-order chi connectivity index (χ0) is 19.4. The maximum Gasteiger partial charge on any atom is 0.154 e. The normalized spacial score (nSPS) is 30.7. The second-order valence-electron chi connectivity index (χ2n) is 7.83. The lowest BCUT2D eigenvalue weighted by molar-refractivity contribution is -0.127. The van der Waals surface area contributed by atoms with Gasteiger partial charge in [0.2, 0.25) is 0 Å². The molecule has 2 aromatic carbocycles. The molecule has 2 heterocycles. The third-order valence-corrected chi connectivity index (χ3v) is 6.69. The van der Waals surface area contributed by atoms with E-state index in [0.717, 1.165) is 30.4 Å². The van der Waals surface area contributed by atoms with Crippen molar-refractivity contribution in [3.8, 4) is 11.5 Å². The summed E-state index contributed by atoms with van der Waals surface area (Å²) >= 11 is 6.20. The molecule has 3 aliphatic rings. The van der Waals surface area contributed by atoms with Crippen molar-refractivity contribution in [1.29, 1.82) is 0 Å². The van der Waals surface area contributed by atoms with Gasteiger partial charge in [-0.05, 0) is 54.7 Å². The average molecular weight is 397 g/mol. The third kappa shape index (κ3) is 2.62. The summed E-state index contributed by atoms with van der Waals surface area (Å²) in [7, 11) is 0. The molecular formula is C23H21ClO4. The van der Waals surface area contributed by atoms with Crippen LogP contribution in [0.15, 0.2) is 42.5 Å². The van der Waals surface area contributed by atoms with E-state index in [1.807, 2.05) is 37.3 Å². The molecule has 5 heteroatoms.